The van der Waals surface area contributed by atoms with Crippen molar-refractivity contribution in [2.45, 2.75) is 13.8 Å². The topological polar surface area (TPSA) is 37.9 Å². The minimum absolute atomic E-state index is 0.746. The first-order chi connectivity index (χ1) is 15.2. The second-order valence-corrected chi connectivity index (χ2v) is 7.55. The number of fused-ring (bicyclic) bond motifs is 2. The zero-order valence-corrected chi connectivity index (χ0v) is 17.5. The molecule has 0 aliphatic heterocycles. The van der Waals surface area contributed by atoms with Crippen LogP contribution in [0.3, 0.4) is 0 Å². The first-order valence-corrected chi connectivity index (χ1v) is 10.4. The number of nitrogens with zero attached hydrogens (tertiary/aromatic N) is 2. The van der Waals surface area contributed by atoms with Crippen LogP contribution in [0.4, 0.5) is 11.4 Å². The molecule has 5 rings (SSSR count). The van der Waals surface area contributed by atoms with Crippen molar-refractivity contribution in [3.8, 4) is 0 Å². The first kappa shape index (κ1) is 19.0. The van der Waals surface area contributed by atoms with Gasteiger partial charge in [0.15, 0.2) is 0 Å². The van der Waals surface area contributed by atoms with Crippen LogP contribution in [0.2, 0.25) is 0 Å². The van der Waals surface area contributed by atoms with Crippen LogP contribution in [0.5, 0.6) is 0 Å². The molecule has 5 aromatic rings. The second kappa shape index (κ2) is 8.04. The summed E-state index contributed by atoms with van der Waals surface area (Å²) in [5.74, 6) is 1.49. The normalized spacial score (nSPS) is 12.6. The summed E-state index contributed by atoms with van der Waals surface area (Å²) < 4.78 is 6.11. The Bertz CT molecular complexity index is 1340. The molecule has 4 aromatic carbocycles. The summed E-state index contributed by atoms with van der Waals surface area (Å²) in [6.45, 7) is 3.95. The van der Waals surface area contributed by atoms with E-state index in [9.17, 15) is 0 Å². The molecule has 1 heterocycles. The Labute approximate surface area is 181 Å². The van der Waals surface area contributed by atoms with Crippen LogP contribution >= 0.6 is 0 Å². The van der Waals surface area contributed by atoms with Gasteiger partial charge < -0.3 is 4.42 Å². The minimum Gasteiger partial charge on any atom is -0.454 e. The predicted molar refractivity (Wildman–Crippen MR) is 130 cm³/mol. The molecule has 0 saturated heterocycles. The summed E-state index contributed by atoms with van der Waals surface area (Å²) in [5.41, 5.74) is 3.55. The number of hydrogen-bond acceptors (Lipinski definition) is 3. The Kier molecular flexibility index (Phi) is 4.93. The average Bonchev–Trinajstić information content (AvgIpc) is 3.30. The molecule has 31 heavy (non-hydrogen) atoms. The molecule has 3 heteroatoms. The van der Waals surface area contributed by atoms with Gasteiger partial charge in [0.05, 0.1) is 22.8 Å². The predicted octanol–water partition coefficient (Wildman–Crippen LogP) is 7.87. The van der Waals surface area contributed by atoms with Crippen molar-refractivity contribution in [3.63, 3.8) is 0 Å². The number of benzene rings is 4. The average molecular weight is 402 g/mol. The Morgan fingerprint density at radius 1 is 0.516 bits per heavy atom. The Morgan fingerprint density at radius 3 is 1.42 bits per heavy atom. The molecular formula is C28H22N2O. The fourth-order valence-electron chi connectivity index (χ4n) is 3.81. The molecule has 3 nitrogen and oxygen atoms in total. The lowest BCUT2D eigenvalue weighted by Gasteiger charge is -2.04. The first-order valence-electron chi connectivity index (χ1n) is 10.4. The molecule has 0 aliphatic carbocycles. The number of furan rings is 1. The Balaban J connectivity index is 1.48. The highest BCUT2D eigenvalue weighted by atomic mass is 16.3. The SMILES string of the molecule is CC(=Nc1cccc2ccccc12)c1ccc(C(C)=Nc2cccc3ccccc23)o1. The van der Waals surface area contributed by atoms with Gasteiger partial charge >= 0.3 is 0 Å². The van der Waals surface area contributed by atoms with Gasteiger partial charge in [-0.25, -0.2) is 9.98 Å². The van der Waals surface area contributed by atoms with Crippen molar-refractivity contribution in [1.29, 1.82) is 0 Å². The molecular weight excluding hydrogens is 380 g/mol. The van der Waals surface area contributed by atoms with Crippen molar-refractivity contribution in [2.24, 2.45) is 9.98 Å². The van der Waals surface area contributed by atoms with Gasteiger partial charge in [0.25, 0.3) is 0 Å². The molecule has 0 N–H and O–H groups in total. The highest BCUT2D eigenvalue weighted by Gasteiger charge is 2.10. The van der Waals surface area contributed by atoms with Crippen LogP contribution in [-0.4, -0.2) is 11.4 Å². The summed E-state index contributed by atoms with van der Waals surface area (Å²) in [4.78, 5) is 9.68. The van der Waals surface area contributed by atoms with Gasteiger partial charge in [-0.2, -0.15) is 0 Å². The Morgan fingerprint density at radius 2 is 0.935 bits per heavy atom. The lowest BCUT2D eigenvalue weighted by Crippen LogP contribution is -1.94. The van der Waals surface area contributed by atoms with Gasteiger partial charge in [0.1, 0.15) is 11.5 Å². The molecule has 0 saturated carbocycles. The van der Waals surface area contributed by atoms with Crippen molar-refractivity contribution in [1.82, 2.24) is 0 Å². The van der Waals surface area contributed by atoms with Crippen LogP contribution < -0.4 is 0 Å². The monoisotopic (exact) mass is 402 g/mol. The molecule has 0 fully saturated rings. The number of aliphatic imine (C=N–C) groups is 2. The zero-order valence-electron chi connectivity index (χ0n) is 17.5. The Hall–Kier alpha value is -3.98. The summed E-state index contributed by atoms with van der Waals surface area (Å²) in [6, 6.07) is 32.8. The van der Waals surface area contributed by atoms with Gasteiger partial charge in [0, 0.05) is 10.8 Å². The van der Waals surface area contributed by atoms with Crippen LogP contribution in [0.15, 0.2) is 111 Å². The molecule has 0 spiro atoms. The molecule has 0 unspecified atom stereocenters. The summed E-state index contributed by atoms with van der Waals surface area (Å²) in [5, 5.41) is 4.61. The fourth-order valence-corrected chi connectivity index (χ4v) is 3.81. The molecule has 0 bridgehead atoms. The molecule has 0 radical (unpaired) electrons. The molecule has 0 amide bonds. The summed E-state index contributed by atoms with van der Waals surface area (Å²) in [6.07, 6.45) is 0. The van der Waals surface area contributed by atoms with E-state index >= 15 is 0 Å². The number of hydrogen-bond donors (Lipinski definition) is 0. The van der Waals surface area contributed by atoms with Crippen molar-refractivity contribution in [3.05, 3.63) is 109 Å². The summed E-state index contributed by atoms with van der Waals surface area (Å²) >= 11 is 0. The standard InChI is InChI=1S/C28H22N2O/c1-19(29-25-15-7-11-21-9-3-5-13-23(21)25)27-17-18-28(31-27)20(2)30-26-16-8-12-22-10-4-6-14-24(22)26/h3-18H,1-2H3. The van der Waals surface area contributed by atoms with Crippen LogP contribution in [0, 0.1) is 0 Å². The molecule has 0 aliphatic rings. The van der Waals surface area contributed by atoms with E-state index in [2.05, 4.69) is 36.4 Å². The maximum atomic E-state index is 6.11. The van der Waals surface area contributed by atoms with E-state index < -0.39 is 0 Å². The van der Waals surface area contributed by atoms with Gasteiger partial charge in [0.2, 0.25) is 0 Å². The minimum atomic E-state index is 0.746. The molecule has 1 aromatic heterocycles. The maximum absolute atomic E-state index is 6.11. The van der Waals surface area contributed by atoms with E-state index in [0.29, 0.717) is 0 Å². The zero-order chi connectivity index (χ0) is 21.2. The third-order valence-electron chi connectivity index (χ3n) is 5.43. The van der Waals surface area contributed by atoms with E-state index in [1.54, 1.807) is 0 Å². The second-order valence-electron chi connectivity index (χ2n) is 7.55. The van der Waals surface area contributed by atoms with Crippen LogP contribution in [0.25, 0.3) is 21.5 Å². The van der Waals surface area contributed by atoms with E-state index in [4.69, 9.17) is 14.4 Å². The van der Waals surface area contributed by atoms with Gasteiger partial charge in [-0.15, -0.1) is 0 Å². The van der Waals surface area contributed by atoms with E-state index in [0.717, 1.165) is 45.1 Å². The molecule has 150 valence electrons. The lowest BCUT2D eigenvalue weighted by atomic mass is 10.1. The van der Waals surface area contributed by atoms with Crippen molar-refractivity contribution < 1.29 is 4.42 Å². The largest absolute Gasteiger partial charge is 0.454 e. The third kappa shape index (κ3) is 3.78. The van der Waals surface area contributed by atoms with Gasteiger partial charge in [-0.1, -0.05) is 72.8 Å². The van der Waals surface area contributed by atoms with Crippen LogP contribution in [0.1, 0.15) is 25.4 Å². The smallest absolute Gasteiger partial charge is 0.148 e. The maximum Gasteiger partial charge on any atom is 0.148 e. The van der Waals surface area contributed by atoms with E-state index in [1.807, 2.05) is 74.5 Å². The van der Waals surface area contributed by atoms with Gasteiger partial charge in [-0.3, -0.25) is 0 Å². The number of rotatable bonds is 4. The fraction of sp³-hybridized carbons (Fsp3) is 0.0714. The molecule has 0 atom stereocenters. The van der Waals surface area contributed by atoms with Crippen molar-refractivity contribution in [2.75, 3.05) is 0 Å². The summed E-state index contributed by atoms with van der Waals surface area (Å²) in [7, 11) is 0. The third-order valence-corrected chi connectivity index (χ3v) is 5.43. The quantitative estimate of drug-likeness (QED) is 0.282. The van der Waals surface area contributed by atoms with E-state index in [1.165, 1.54) is 10.8 Å². The highest BCUT2D eigenvalue weighted by molar-refractivity contribution is 6.04. The van der Waals surface area contributed by atoms with Crippen molar-refractivity contribution >= 4 is 44.3 Å². The van der Waals surface area contributed by atoms with Crippen LogP contribution in [-0.2, 0) is 0 Å². The van der Waals surface area contributed by atoms with E-state index in [-0.39, 0.29) is 0 Å². The lowest BCUT2D eigenvalue weighted by molar-refractivity contribution is 0.548. The van der Waals surface area contributed by atoms with Gasteiger partial charge in [-0.05, 0) is 48.9 Å². The highest BCUT2D eigenvalue weighted by Crippen LogP contribution is 2.28.